The number of alkyl halides is 3. The Morgan fingerprint density at radius 2 is 1.79 bits per heavy atom. The lowest BCUT2D eigenvalue weighted by Crippen LogP contribution is -2.47. The molecule has 0 radical (unpaired) electrons. The van der Waals surface area contributed by atoms with Crippen LogP contribution >= 0.6 is 0 Å². The zero-order chi connectivity index (χ0) is 26.3. The third-order valence-electron chi connectivity index (χ3n) is 6.92. The van der Waals surface area contributed by atoms with E-state index in [9.17, 15) is 22.4 Å². The molecule has 0 unspecified atom stereocenters. The van der Waals surface area contributed by atoms with Gasteiger partial charge in [-0.05, 0) is 44.1 Å². The van der Waals surface area contributed by atoms with E-state index in [0.29, 0.717) is 0 Å². The van der Waals surface area contributed by atoms with Crippen molar-refractivity contribution in [3.63, 3.8) is 0 Å². The van der Waals surface area contributed by atoms with E-state index in [2.05, 4.69) is 0 Å². The molecule has 1 aliphatic heterocycles. The molecule has 1 heterocycles. The number of carbonyl (C=O) groups excluding carboxylic acids is 1. The van der Waals surface area contributed by atoms with Crippen LogP contribution in [0.4, 0.5) is 17.6 Å². The largest absolute Gasteiger partial charge is 0.496 e. The molecule has 192 valence electrons. The molecular weight excluding hydrogens is 472 g/mol. The lowest BCUT2D eigenvalue weighted by Gasteiger charge is -2.36. The number of esters is 1. The third kappa shape index (κ3) is 4.98. The molecule has 0 saturated heterocycles. The van der Waals surface area contributed by atoms with Gasteiger partial charge in [0.15, 0.2) is 8.32 Å². The minimum atomic E-state index is -4.78. The van der Waals surface area contributed by atoms with Crippen LogP contribution < -0.4 is 4.74 Å². The van der Waals surface area contributed by atoms with Crippen molar-refractivity contribution < 1.29 is 41.0 Å². The molecule has 10 heteroatoms. The zero-order valence-corrected chi connectivity index (χ0v) is 22.2. The molecule has 34 heavy (non-hydrogen) atoms. The van der Waals surface area contributed by atoms with Gasteiger partial charge >= 0.3 is 12.1 Å². The standard InChI is InChI=1S/C24H34F4O5Si/c1-10-31-21(29)20-18(14(2)23(6,33-20)24(26,27)28)15-11-12-17(25)16(19(15)30-7)13-32-34(8,9)22(3,4)5/h11-12,14H,10,13H2,1-9H3/t14-,23+/m0/s1. The van der Waals surface area contributed by atoms with E-state index in [1.54, 1.807) is 0 Å². The fourth-order valence-electron chi connectivity index (χ4n) is 3.49. The number of carbonyl (C=O) groups is 1. The predicted molar refractivity (Wildman–Crippen MR) is 123 cm³/mol. The van der Waals surface area contributed by atoms with Crippen molar-refractivity contribution in [3.8, 4) is 5.75 Å². The number of methoxy groups -OCH3 is 1. The number of hydrogen-bond donors (Lipinski definition) is 0. The Balaban J connectivity index is 2.68. The molecule has 0 fully saturated rings. The van der Waals surface area contributed by atoms with Crippen LogP contribution in [0.2, 0.25) is 18.1 Å². The second kappa shape index (κ2) is 9.52. The van der Waals surface area contributed by atoms with Gasteiger partial charge in [0.2, 0.25) is 11.4 Å². The van der Waals surface area contributed by atoms with Crippen LogP contribution in [-0.4, -0.2) is 39.8 Å². The van der Waals surface area contributed by atoms with Gasteiger partial charge in [-0.1, -0.05) is 27.7 Å². The summed E-state index contributed by atoms with van der Waals surface area (Å²) >= 11 is 0. The molecule has 2 rings (SSSR count). The second-order valence-electron chi connectivity index (χ2n) is 10.0. The fraction of sp³-hybridized carbons (Fsp3) is 0.625. The molecule has 2 atom stereocenters. The van der Waals surface area contributed by atoms with Crippen LogP contribution in [0.5, 0.6) is 5.75 Å². The Labute approximate surface area is 199 Å². The SMILES string of the molecule is CCOC(=O)C1=C(c2ccc(F)c(CO[Si](C)(C)C(C)(C)C)c2OC)[C@H](C)[C@](C)(C(F)(F)F)O1. The van der Waals surface area contributed by atoms with Crippen LogP contribution in [0.15, 0.2) is 17.9 Å². The van der Waals surface area contributed by atoms with E-state index in [1.165, 1.54) is 27.0 Å². The zero-order valence-electron chi connectivity index (χ0n) is 21.2. The molecule has 0 N–H and O–H groups in total. The molecule has 0 aromatic heterocycles. The summed E-state index contributed by atoms with van der Waals surface area (Å²) in [4.78, 5) is 12.6. The summed E-state index contributed by atoms with van der Waals surface area (Å²) in [5.74, 6) is -3.52. The lowest BCUT2D eigenvalue weighted by atomic mass is 9.82. The summed E-state index contributed by atoms with van der Waals surface area (Å²) in [5.41, 5.74) is -2.54. The smallest absolute Gasteiger partial charge is 0.428 e. The number of rotatable bonds is 7. The van der Waals surface area contributed by atoms with E-state index < -0.39 is 43.6 Å². The number of benzene rings is 1. The maximum absolute atomic E-state index is 14.9. The van der Waals surface area contributed by atoms with Gasteiger partial charge in [-0.25, -0.2) is 9.18 Å². The summed E-state index contributed by atoms with van der Waals surface area (Å²) in [6, 6.07) is 2.43. The van der Waals surface area contributed by atoms with E-state index in [-0.39, 0.29) is 40.7 Å². The van der Waals surface area contributed by atoms with Crippen molar-refractivity contribution in [2.75, 3.05) is 13.7 Å². The highest BCUT2D eigenvalue weighted by Gasteiger charge is 2.63. The first-order valence-electron chi connectivity index (χ1n) is 11.1. The van der Waals surface area contributed by atoms with Crippen LogP contribution in [0, 0.1) is 11.7 Å². The predicted octanol–water partition coefficient (Wildman–Crippen LogP) is 6.62. The van der Waals surface area contributed by atoms with Crippen molar-refractivity contribution >= 4 is 19.9 Å². The van der Waals surface area contributed by atoms with Crippen molar-refractivity contribution in [2.24, 2.45) is 5.92 Å². The fourth-order valence-corrected chi connectivity index (χ4v) is 4.43. The first-order valence-corrected chi connectivity index (χ1v) is 14.0. The van der Waals surface area contributed by atoms with Crippen molar-refractivity contribution in [2.45, 2.75) is 78.1 Å². The van der Waals surface area contributed by atoms with Gasteiger partial charge in [-0.3, -0.25) is 0 Å². The minimum Gasteiger partial charge on any atom is -0.496 e. The van der Waals surface area contributed by atoms with Gasteiger partial charge < -0.3 is 18.6 Å². The Bertz CT molecular complexity index is 965. The maximum atomic E-state index is 14.9. The van der Waals surface area contributed by atoms with Crippen LogP contribution in [0.3, 0.4) is 0 Å². The summed E-state index contributed by atoms with van der Waals surface area (Å²) in [6.45, 7) is 13.7. The maximum Gasteiger partial charge on any atom is 0.428 e. The number of halogens is 4. The molecule has 1 aromatic rings. The third-order valence-corrected chi connectivity index (χ3v) is 11.4. The summed E-state index contributed by atoms with van der Waals surface area (Å²) < 4.78 is 78.7. The first-order chi connectivity index (χ1) is 15.4. The molecule has 5 nitrogen and oxygen atoms in total. The van der Waals surface area contributed by atoms with Crippen LogP contribution in [0.1, 0.15) is 52.7 Å². The summed E-state index contributed by atoms with van der Waals surface area (Å²) in [6.07, 6.45) is -4.78. The average molecular weight is 507 g/mol. The highest BCUT2D eigenvalue weighted by molar-refractivity contribution is 6.74. The highest BCUT2D eigenvalue weighted by atomic mass is 28.4. The molecule has 0 aliphatic carbocycles. The summed E-state index contributed by atoms with van der Waals surface area (Å²) in [7, 11) is -0.987. The van der Waals surface area contributed by atoms with Crippen LogP contribution in [-0.2, 0) is 25.3 Å². The molecule has 0 spiro atoms. The van der Waals surface area contributed by atoms with E-state index in [4.69, 9.17) is 18.6 Å². The summed E-state index contributed by atoms with van der Waals surface area (Å²) in [5, 5.41) is -0.143. The Morgan fingerprint density at radius 3 is 2.26 bits per heavy atom. The van der Waals surface area contributed by atoms with Gasteiger partial charge in [-0.15, -0.1) is 0 Å². The monoisotopic (exact) mass is 506 g/mol. The van der Waals surface area contributed by atoms with E-state index in [1.807, 2.05) is 33.9 Å². The first kappa shape index (κ1) is 28.2. The number of ether oxygens (including phenoxy) is 3. The average Bonchev–Trinajstić information content (AvgIpc) is 2.98. The highest BCUT2D eigenvalue weighted by Crippen LogP contribution is 2.54. The van der Waals surface area contributed by atoms with E-state index in [0.717, 1.165) is 13.0 Å². The Morgan fingerprint density at radius 1 is 1.21 bits per heavy atom. The van der Waals surface area contributed by atoms with Crippen molar-refractivity contribution in [1.29, 1.82) is 0 Å². The van der Waals surface area contributed by atoms with E-state index >= 15 is 0 Å². The topological polar surface area (TPSA) is 54.0 Å². The molecule has 0 amide bonds. The van der Waals surface area contributed by atoms with Gasteiger partial charge in [0, 0.05) is 17.1 Å². The quantitative estimate of drug-likeness (QED) is 0.236. The Hall–Kier alpha value is -2.07. The van der Waals surface area contributed by atoms with Crippen molar-refractivity contribution in [1.82, 2.24) is 0 Å². The normalized spacial score (nSPS) is 21.5. The molecular formula is C24H34F4O5Si. The van der Waals surface area contributed by atoms with Gasteiger partial charge in [0.05, 0.1) is 25.9 Å². The number of hydrogen-bond acceptors (Lipinski definition) is 5. The van der Waals surface area contributed by atoms with Crippen LogP contribution in [0.25, 0.3) is 5.57 Å². The van der Waals surface area contributed by atoms with Gasteiger partial charge in [-0.2, -0.15) is 13.2 Å². The molecule has 0 bridgehead atoms. The van der Waals surface area contributed by atoms with Gasteiger partial charge in [0.25, 0.3) is 0 Å². The molecule has 1 aromatic carbocycles. The second-order valence-corrected chi connectivity index (χ2v) is 14.9. The minimum absolute atomic E-state index is 0.00242. The van der Waals surface area contributed by atoms with Crippen molar-refractivity contribution in [3.05, 3.63) is 34.8 Å². The Kier molecular flexibility index (Phi) is 7.89. The lowest BCUT2D eigenvalue weighted by molar-refractivity contribution is -0.262. The molecule has 1 aliphatic rings. The molecule has 0 saturated carbocycles. The van der Waals surface area contributed by atoms with Gasteiger partial charge in [0.1, 0.15) is 11.6 Å².